The van der Waals surface area contributed by atoms with Crippen LogP contribution in [0.25, 0.3) is 67.3 Å². The number of thiazole rings is 2. The molecule has 32 heteroatoms. The van der Waals surface area contributed by atoms with Crippen LogP contribution in [0.3, 0.4) is 0 Å². The molecule has 10 rings (SSSR count). The number of carbonyl (C=O) groups is 2. The number of aromatic nitrogens is 14. The van der Waals surface area contributed by atoms with Gasteiger partial charge in [-0.3, -0.25) is 35.2 Å². The molecule has 0 radical (unpaired) electrons. The summed E-state index contributed by atoms with van der Waals surface area (Å²) in [4.78, 5) is 88.0. The smallest absolute Gasteiger partial charge is 0.434 e. The molecule has 0 aliphatic rings. The minimum Gasteiger partial charge on any atom is -0.481 e. The second-order valence-electron chi connectivity index (χ2n) is 14.4. The van der Waals surface area contributed by atoms with Gasteiger partial charge in [0.15, 0.2) is 33.3 Å². The highest BCUT2D eigenvalue weighted by molar-refractivity contribution is 7.20. The van der Waals surface area contributed by atoms with Crippen LogP contribution < -0.4 is 32.3 Å². The summed E-state index contributed by atoms with van der Waals surface area (Å²) < 4.78 is 101. The number of methoxy groups -OCH3 is 1. The van der Waals surface area contributed by atoms with Crippen LogP contribution in [0.4, 0.5) is 36.6 Å². The second-order valence-corrected chi connectivity index (χ2v) is 17.6. The third-order valence-electron chi connectivity index (χ3n) is 10.2. The van der Waals surface area contributed by atoms with Crippen molar-refractivity contribution in [2.24, 2.45) is 0 Å². The molecule has 0 spiro atoms. The first-order chi connectivity index (χ1) is 33.8. The number of pyridine rings is 2. The van der Waals surface area contributed by atoms with Gasteiger partial charge in [0.1, 0.15) is 42.6 Å². The van der Waals surface area contributed by atoms with E-state index >= 15 is 26.3 Å². The van der Waals surface area contributed by atoms with E-state index in [9.17, 15) is 24.0 Å². The number of nitrogens with one attached hydrogen (secondary N) is 7. The van der Waals surface area contributed by atoms with E-state index in [4.69, 9.17) is 27.9 Å². The molecule has 0 aliphatic carbocycles. The predicted octanol–water partition coefficient (Wildman–Crippen LogP) is 7.04. The maximum Gasteiger partial charge on any atom is 0.434 e. The Morgan fingerprint density at radius 2 is 1.11 bits per heavy atom. The number of aromatic amines is 5. The molecular weight excluding hydrogens is 1040 g/mol. The first-order valence-electron chi connectivity index (χ1n) is 19.5. The molecule has 22 nitrogen and oxygen atoms in total. The SMILES string of the molecule is COc1nccc2c(-n3nc(-c4nn(-c5cccc6c(=O)[nH]ccc56)c(C(F)(F)F)c4C(=O)Nc4nc(-c5nc(=O)[nH][nH]5)c(Cl)s4)c(C(=O)Nc4nc(-c5nc(=O)[nH][nH]5)c(Cl)s4)c3C(F)(F)F)cccc12. The standard InChI is InChI=1S/C39H20Cl2F6N16O6S2/c1-69-33-15-5-3-7-17(13(15)9-11-49-33)63-25(39(45,46)47)19(32(66)55-37-51-23(27(41)71-37)29-53-35(68)59-57-29)21(61-63)20-18(31(65)54-36-50-22(26(40)70-36)28-52-34(67)58-56-28)24(38(42,43)44)62(60-20)16-6-2-4-14-12(16)8-10-48-30(14)64/h2-11H,1H3,(H,48,64)(H,50,54,65)(H,51,55,66)(H2,52,56,58,67)(H2,53,57,59,68). The van der Waals surface area contributed by atoms with E-state index in [-0.39, 0.29) is 68.5 Å². The fraction of sp³-hybridized carbons (Fsp3) is 0.0769. The topological polar surface area (TPSA) is 298 Å². The fourth-order valence-corrected chi connectivity index (χ4v) is 9.54. The summed E-state index contributed by atoms with van der Waals surface area (Å²) in [6, 6.07) is 9.96. The van der Waals surface area contributed by atoms with E-state index in [0.717, 1.165) is 18.3 Å². The second kappa shape index (κ2) is 17.2. The molecule has 0 aliphatic heterocycles. The number of ether oxygens (including phenoxy) is 1. The zero-order chi connectivity index (χ0) is 50.3. The van der Waals surface area contributed by atoms with Gasteiger partial charge in [-0.1, -0.05) is 58.0 Å². The molecule has 2 aromatic carbocycles. The van der Waals surface area contributed by atoms with Crippen LogP contribution >= 0.6 is 45.9 Å². The number of anilines is 2. The van der Waals surface area contributed by atoms with Crippen LogP contribution in [0, 0.1) is 0 Å². The molecule has 7 N–H and O–H groups in total. The van der Waals surface area contributed by atoms with Crippen LogP contribution in [0.2, 0.25) is 8.67 Å². The number of hydrogen-bond donors (Lipinski definition) is 7. The summed E-state index contributed by atoms with van der Waals surface area (Å²) in [5.74, 6) is -3.95. The van der Waals surface area contributed by atoms with Crippen molar-refractivity contribution in [2.75, 3.05) is 17.7 Å². The Labute approximate surface area is 403 Å². The summed E-state index contributed by atoms with van der Waals surface area (Å²) in [6.07, 6.45) is -8.92. The number of alkyl halides is 6. The average Bonchev–Trinajstić information content (AvgIpc) is 4.19. The summed E-state index contributed by atoms with van der Waals surface area (Å²) in [5.41, 5.74) is -13.1. The van der Waals surface area contributed by atoms with Gasteiger partial charge in [-0.25, -0.2) is 44.1 Å². The largest absolute Gasteiger partial charge is 0.481 e. The number of benzene rings is 2. The van der Waals surface area contributed by atoms with Gasteiger partial charge in [-0.2, -0.15) is 46.5 Å². The summed E-state index contributed by atoms with van der Waals surface area (Å²) in [5, 5.41) is 20.6. The zero-order valence-corrected chi connectivity index (χ0v) is 37.7. The van der Waals surface area contributed by atoms with E-state index in [0.29, 0.717) is 22.7 Å². The Balaban J connectivity index is 1.28. The van der Waals surface area contributed by atoms with Crippen LogP contribution in [-0.4, -0.2) is 88.8 Å². The third-order valence-corrected chi connectivity index (χ3v) is 12.6. The normalized spacial score (nSPS) is 12.0. The number of hydrogen-bond acceptors (Lipinski definition) is 15. The van der Waals surface area contributed by atoms with Crippen molar-refractivity contribution in [1.82, 2.24) is 69.9 Å². The minimum atomic E-state index is -5.63. The van der Waals surface area contributed by atoms with Crippen molar-refractivity contribution in [2.45, 2.75) is 12.4 Å². The van der Waals surface area contributed by atoms with Crippen LogP contribution in [0.1, 0.15) is 32.1 Å². The molecular formula is C39H20Cl2F6N16O6S2. The number of H-pyrrole nitrogens is 5. The molecule has 8 aromatic heterocycles. The molecule has 0 atom stereocenters. The Hall–Kier alpha value is -8.48. The molecule has 0 unspecified atom stereocenters. The van der Waals surface area contributed by atoms with Crippen molar-refractivity contribution in [3.8, 4) is 51.7 Å². The Morgan fingerprint density at radius 3 is 1.56 bits per heavy atom. The van der Waals surface area contributed by atoms with Crippen molar-refractivity contribution < 1.29 is 40.7 Å². The highest BCUT2D eigenvalue weighted by Gasteiger charge is 2.48. The number of fused-ring (bicyclic) bond motifs is 2. The van der Waals surface area contributed by atoms with Crippen LogP contribution in [0.15, 0.2) is 75.3 Å². The Kier molecular flexibility index (Phi) is 11.2. The number of amides is 2. The molecule has 360 valence electrons. The van der Waals surface area contributed by atoms with E-state index in [1.807, 2.05) is 0 Å². The van der Waals surface area contributed by atoms with E-state index in [1.54, 1.807) is 0 Å². The van der Waals surface area contributed by atoms with Gasteiger partial charge < -0.3 is 9.72 Å². The lowest BCUT2D eigenvalue weighted by Crippen LogP contribution is -2.22. The average molecular weight is 1060 g/mol. The van der Waals surface area contributed by atoms with E-state index < -0.39 is 96.6 Å². The summed E-state index contributed by atoms with van der Waals surface area (Å²) in [6.45, 7) is 0. The molecule has 8 heterocycles. The Morgan fingerprint density at radius 1 is 0.634 bits per heavy atom. The lowest BCUT2D eigenvalue weighted by Gasteiger charge is -2.14. The first-order valence-corrected chi connectivity index (χ1v) is 21.9. The summed E-state index contributed by atoms with van der Waals surface area (Å²) >= 11 is 13.7. The fourth-order valence-electron chi connectivity index (χ4n) is 7.46. The number of halogens is 8. The molecule has 0 fully saturated rings. The van der Waals surface area contributed by atoms with Gasteiger partial charge in [0.2, 0.25) is 5.88 Å². The number of rotatable bonds is 10. The maximum atomic E-state index is 16.0. The van der Waals surface area contributed by atoms with Gasteiger partial charge in [-0.05, 0) is 36.4 Å². The highest BCUT2D eigenvalue weighted by Crippen LogP contribution is 2.45. The van der Waals surface area contributed by atoms with Gasteiger partial charge in [-0.15, -0.1) is 0 Å². The van der Waals surface area contributed by atoms with Gasteiger partial charge >= 0.3 is 23.7 Å². The van der Waals surface area contributed by atoms with Crippen molar-refractivity contribution in [1.29, 1.82) is 0 Å². The lowest BCUT2D eigenvalue weighted by atomic mass is 10.0. The summed E-state index contributed by atoms with van der Waals surface area (Å²) in [7, 11) is 1.25. The molecule has 10 aromatic rings. The molecule has 71 heavy (non-hydrogen) atoms. The van der Waals surface area contributed by atoms with Crippen molar-refractivity contribution in [3.63, 3.8) is 0 Å². The monoisotopic (exact) mass is 1060 g/mol. The number of nitrogens with zero attached hydrogens (tertiary/aromatic N) is 9. The predicted molar refractivity (Wildman–Crippen MR) is 243 cm³/mol. The third kappa shape index (κ3) is 8.15. The number of carbonyl (C=O) groups excluding carboxylic acids is 2. The van der Waals surface area contributed by atoms with Crippen molar-refractivity contribution in [3.05, 3.63) is 123 Å². The van der Waals surface area contributed by atoms with Gasteiger partial charge in [0.25, 0.3) is 17.4 Å². The minimum absolute atomic E-state index is 0.00892. The zero-order valence-electron chi connectivity index (χ0n) is 34.6. The maximum absolute atomic E-state index is 16.0. The first kappa shape index (κ1) is 46.3. The molecule has 0 saturated carbocycles. The van der Waals surface area contributed by atoms with Crippen molar-refractivity contribution >= 4 is 89.5 Å². The highest BCUT2D eigenvalue weighted by atomic mass is 35.5. The lowest BCUT2D eigenvalue weighted by molar-refractivity contribution is -0.143. The molecule has 2 amide bonds. The molecule has 0 bridgehead atoms. The molecule has 0 saturated heterocycles. The van der Waals surface area contributed by atoms with Crippen LogP contribution in [-0.2, 0) is 12.4 Å². The Bertz CT molecular complexity index is 3990. The van der Waals surface area contributed by atoms with Crippen LogP contribution in [0.5, 0.6) is 5.88 Å². The quantitative estimate of drug-likeness (QED) is 0.0677. The van der Waals surface area contributed by atoms with Gasteiger partial charge in [0, 0.05) is 33.9 Å². The van der Waals surface area contributed by atoms with E-state index in [1.165, 1.54) is 49.7 Å². The van der Waals surface area contributed by atoms with E-state index in [2.05, 4.69) is 71.1 Å². The van der Waals surface area contributed by atoms with Gasteiger partial charge in [0.05, 0.1) is 18.5 Å².